The fourth-order valence-corrected chi connectivity index (χ4v) is 3.67. The predicted molar refractivity (Wildman–Crippen MR) is 115 cm³/mol. The third-order valence-corrected chi connectivity index (χ3v) is 5.49. The minimum atomic E-state index is -1.25. The van der Waals surface area contributed by atoms with E-state index in [9.17, 15) is 24.0 Å². The molecule has 0 aliphatic rings. The molecule has 2 aromatic rings. The van der Waals surface area contributed by atoms with E-state index in [1.165, 1.54) is 17.8 Å². The van der Waals surface area contributed by atoms with Gasteiger partial charge < -0.3 is 31.0 Å². The second-order valence-corrected chi connectivity index (χ2v) is 8.03. The zero-order valence-corrected chi connectivity index (χ0v) is 17.9. The lowest BCUT2D eigenvalue weighted by atomic mass is 10.1. The highest BCUT2D eigenvalue weighted by molar-refractivity contribution is 7.99. The number of nitrogens with two attached hydrogens (primary N) is 1. The number of hydrogen-bond donors (Lipinski definition) is 5. The molecule has 2 atom stereocenters. The number of hydrogen-bond acceptors (Lipinski definition) is 8. The number of aliphatic carboxylic acids is 2. The Morgan fingerprint density at radius 3 is 2.56 bits per heavy atom. The number of carboxylic acids is 2. The van der Waals surface area contributed by atoms with Gasteiger partial charge in [-0.15, -0.1) is 11.8 Å². The van der Waals surface area contributed by atoms with Gasteiger partial charge in [-0.2, -0.15) is 0 Å². The molecule has 0 spiro atoms. The first-order valence-corrected chi connectivity index (χ1v) is 10.5. The molecule has 2 amide bonds. The van der Waals surface area contributed by atoms with Crippen LogP contribution in [0.25, 0.3) is 11.0 Å². The molecule has 172 valence electrons. The summed E-state index contributed by atoms with van der Waals surface area (Å²) in [5.74, 6) is -3.76. The van der Waals surface area contributed by atoms with Crippen LogP contribution in [0.3, 0.4) is 0 Å². The van der Waals surface area contributed by atoms with Crippen LogP contribution in [0.5, 0.6) is 0 Å². The van der Waals surface area contributed by atoms with E-state index in [2.05, 4.69) is 10.6 Å². The third-order valence-electron chi connectivity index (χ3n) is 4.40. The van der Waals surface area contributed by atoms with Crippen LogP contribution in [0.1, 0.15) is 18.4 Å². The molecule has 32 heavy (non-hydrogen) atoms. The van der Waals surface area contributed by atoms with Gasteiger partial charge in [0, 0.05) is 28.5 Å². The van der Waals surface area contributed by atoms with Crippen molar-refractivity contribution in [3.05, 3.63) is 40.2 Å². The van der Waals surface area contributed by atoms with Crippen LogP contribution in [-0.2, 0) is 19.2 Å². The predicted octanol–water partition coefficient (Wildman–Crippen LogP) is 0.0712. The average molecular weight is 465 g/mol. The molecule has 1 heterocycles. The number of carboxylic acid groups (broad SMARTS) is 2. The second kappa shape index (κ2) is 11.3. The van der Waals surface area contributed by atoms with Gasteiger partial charge in [0.05, 0.1) is 0 Å². The summed E-state index contributed by atoms with van der Waals surface area (Å²) in [6.45, 7) is 1.15. The Balaban J connectivity index is 2.10. The van der Waals surface area contributed by atoms with E-state index in [4.69, 9.17) is 20.4 Å². The molecule has 12 heteroatoms. The van der Waals surface area contributed by atoms with Gasteiger partial charge in [0.15, 0.2) is 0 Å². The summed E-state index contributed by atoms with van der Waals surface area (Å²) < 4.78 is 5.20. The lowest BCUT2D eigenvalue weighted by Crippen LogP contribution is -2.49. The van der Waals surface area contributed by atoms with Crippen LogP contribution >= 0.6 is 11.8 Å². The second-order valence-electron chi connectivity index (χ2n) is 6.93. The van der Waals surface area contributed by atoms with Gasteiger partial charge >= 0.3 is 17.6 Å². The van der Waals surface area contributed by atoms with Crippen molar-refractivity contribution in [2.45, 2.75) is 36.7 Å². The fraction of sp³-hybridized carbons (Fsp3) is 0.350. The number of rotatable bonds is 11. The van der Waals surface area contributed by atoms with Crippen LogP contribution in [-0.4, -0.2) is 58.3 Å². The molecule has 0 saturated carbocycles. The van der Waals surface area contributed by atoms with Gasteiger partial charge in [-0.1, -0.05) is 0 Å². The zero-order valence-electron chi connectivity index (χ0n) is 17.1. The summed E-state index contributed by atoms with van der Waals surface area (Å²) in [5, 5.41) is 23.0. The Morgan fingerprint density at radius 1 is 1.19 bits per heavy atom. The van der Waals surface area contributed by atoms with Crippen LogP contribution in [0, 0.1) is 6.92 Å². The van der Waals surface area contributed by atoms with Gasteiger partial charge in [0.1, 0.15) is 24.2 Å². The van der Waals surface area contributed by atoms with Gasteiger partial charge in [-0.05, 0) is 37.1 Å². The highest BCUT2D eigenvalue weighted by Crippen LogP contribution is 2.25. The van der Waals surface area contributed by atoms with Crippen LogP contribution < -0.4 is 22.0 Å². The molecule has 0 bridgehead atoms. The molecule has 1 aromatic carbocycles. The SMILES string of the molecule is Cc1cc(=O)oc2cc(SC[C@H](NC(=O)CC[C@H](N)C(=O)O)C(=O)NCC(=O)O)ccc12. The van der Waals surface area contributed by atoms with Crippen molar-refractivity contribution in [3.8, 4) is 0 Å². The summed E-state index contributed by atoms with van der Waals surface area (Å²) >= 11 is 1.19. The third kappa shape index (κ3) is 7.39. The van der Waals surface area contributed by atoms with E-state index in [1.807, 2.05) is 0 Å². The van der Waals surface area contributed by atoms with Crippen molar-refractivity contribution in [1.82, 2.24) is 10.6 Å². The minimum absolute atomic E-state index is 0.0454. The highest BCUT2D eigenvalue weighted by atomic mass is 32.2. The summed E-state index contributed by atoms with van der Waals surface area (Å²) in [4.78, 5) is 58.3. The Morgan fingerprint density at radius 2 is 1.91 bits per heavy atom. The van der Waals surface area contributed by atoms with Gasteiger partial charge in [0.2, 0.25) is 11.8 Å². The molecule has 0 fully saturated rings. The molecule has 0 aliphatic carbocycles. The number of amides is 2. The summed E-state index contributed by atoms with van der Waals surface area (Å²) in [6.07, 6.45) is -0.345. The standard InChI is InChI=1S/C20H23N3O8S/c1-10-6-18(27)31-15-7-11(2-3-12(10)15)32-9-14(19(28)22-8-17(25)26)23-16(24)5-4-13(21)20(29)30/h2-3,6-7,13-14H,4-5,8-9,21H2,1H3,(H,22,28)(H,23,24)(H,25,26)(H,29,30)/t13-,14-/m0/s1. The first-order chi connectivity index (χ1) is 15.1. The quantitative estimate of drug-likeness (QED) is 0.224. The van der Waals surface area contributed by atoms with Crippen molar-refractivity contribution >= 4 is 46.5 Å². The average Bonchev–Trinajstić information content (AvgIpc) is 2.72. The molecule has 0 aliphatic heterocycles. The smallest absolute Gasteiger partial charge is 0.336 e. The maximum absolute atomic E-state index is 12.4. The topological polar surface area (TPSA) is 189 Å². The van der Waals surface area contributed by atoms with Crippen molar-refractivity contribution in [3.63, 3.8) is 0 Å². The lowest BCUT2D eigenvalue weighted by molar-refractivity contribution is -0.139. The number of thioether (sulfide) groups is 1. The first-order valence-electron chi connectivity index (χ1n) is 9.51. The number of carbonyl (C=O) groups excluding carboxylic acids is 2. The van der Waals surface area contributed by atoms with Crippen molar-refractivity contribution in [1.29, 1.82) is 0 Å². The monoisotopic (exact) mass is 465 g/mol. The van der Waals surface area contributed by atoms with E-state index in [0.717, 1.165) is 10.9 Å². The Kier molecular flexibility index (Phi) is 8.79. The first kappa shape index (κ1) is 24.9. The number of carbonyl (C=O) groups is 4. The van der Waals surface area contributed by atoms with Gasteiger partial charge in [0.25, 0.3) is 0 Å². The molecule has 0 saturated heterocycles. The number of benzene rings is 1. The van der Waals surface area contributed by atoms with Gasteiger partial charge in [-0.3, -0.25) is 19.2 Å². The van der Waals surface area contributed by atoms with Crippen LogP contribution in [0.4, 0.5) is 0 Å². The zero-order chi connectivity index (χ0) is 23.8. The minimum Gasteiger partial charge on any atom is -0.480 e. The maximum atomic E-state index is 12.4. The summed E-state index contributed by atoms with van der Waals surface area (Å²) in [5.41, 5.74) is 6.02. The molecule has 2 rings (SSSR count). The molecule has 1 aromatic heterocycles. The molecule has 11 nitrogen and oxygen atoms in total. The normalized spacial score (nSPS) is 12.7. The maximum Gasteiger partial charge on any atom is 0.336 e. The molecule has 0 radical (unpaired) electrons. The van der Waals surface area contributed by atoms with Crippen LogP contribution in [0.2, 0.25) is 0 Å². The van der Waals surface area contributed by atoms with E-state index >= 15 is 0 Å². The summed E-state index contributed by atoms with van der Waals surface area (Å²) in [7, 11) is 0. The summed E-state index contributed by atoms with van der Waals surface area (Å²) in [6, 6.07) is 4.23. The van der Waals surface area contributed by atoms with E-state index in [-0.39, 0.29) is 18.6 Å². The molecule has 6 N–H and O–H groups in total. The van der Waals surface area contributed by atoms with E-state index < -0.39 is 48.0 Å². The largest absolute Gasteiger partial charge is 0.480 e. The number of nitrogens with one attached hydrogen (secondary N) is 2. The Hall–Kier alpha value is -3.38. The van der Waals surface area contributed by atoms with Crippen molar-refractivity contribution in [2.75, 3.05) is 12.3 Å². The molecular formula is C20H23N3O8S. The highest BCUT2D eigenvalue weighted by Gasteiger charge is 2.23. The number of aryl methyl sites for hydroxylation is 1. The van der Waals surface area contributed by atoms with E-state index in [0.29, 0.717) is 10.5 Å². The number of fused-ring (bicyclic) bond motifs is 1. The Labute approximate surface area is 186 Å². The lowest BCUT2D eigenvalue weighted by Gasteiger charge is -2.18. The van der Waals surface area contributed by atoms with Crippen LogP contribution in [0.15, 0.2) is 38.4 Å². The molecule has 0 unspecified atom stereocenters. The molecular weight excluding hydrogens is 442 g/mol. The van der Waals surface area contributed by atoms with Crippen molar-refractivity contribution in [2.24, 2.45) is 5.73 Å². The van der Waals surface area contributed by atoms with E-state index in [1.54, 1.807) is 25.1 Å². The Bertz CT molecular complexity index is 1080. The fourth-order valence-electron chi connectivity index (χ4n) is 2.72. The van der Waals surface area contributed by atoms with Crippen molar-refractivity contribution < 1.29 is 33.8 Å². The van der Waals surface area contributed by atoms with Gasteiger partial charge in [-0.25, -0.2) is 4.79 Å².